The number of fused-ring (bicyclic) bond motifs is 1. The molecule has 4 rings (SSSR count). The number of para-hydroxylation sites is 1. The minimum Gasteiger partial charge on any atom is -0.426 e. The van der Waals surface area contributed by atoms with E-state index in [1.165, 1.54) is 0 Å². The number of nitrogens with one attached hydrogen (secondary N) is 1. The van der Waals surface area contributed by atoms with E-state index in [0.29, 0.717) is 29.9 Å². The molecule has 2 aromatic carbocycles. The third kappa shape index (κ3) is 4.46. The van der Waals surface area contributed by atoms with E-state index in [1.807, 2.05) is 36.4 Å². The molecule has 7 heteroatoms. The Balaban J connectivity index is 1.39. The number of anilines is 1. The summed E-state index contributed by atoms with van der Waals surface area (Å²) in [5, 5.41) is 0.615. The Morgan fingerprint density at radius 1 is 1.10 bits per heavy atom. The van der Waals surface area contributed by atoms with Crippen LogP contribution in [0.5, 0.6) is 5.75 Å². The fraction of sp³-hybridized carbons (Fsp3) is 0.318. The molecule has 7 nitrogen and oxygen atoms in total. The van der Waals surface area contributed by atoms with Gasteiger partial charge in [-0.3, -0.25) is 14.5 Å². The van der Waals surface area contributed by atoms with Crippen molar-refractivity contribution in [2.45, 2.75) is 19.9 Å². The van der Waals surface area contributed by atoms with Gasteiger partial charge < -0.3 is 14.6 Å². The maximum Gasteiger partial charge on any atom is 0.310 e. The van der Waals surface area contributed by atoms with Gasteiger partial charge in [-0.2, -0.15) is 0 Å². The molecule has 0 saturated carbocycles. The Bertz CT molecular complexity index is 1070. The van der Waals surface area contributed by atoms with Gasteiger partial charge in [-0.15, -0.1) is 0 Å². The summed E-state index contributed by atoms with van der Waals surface area (Å²) in [4.78, 5) is 35.8. The lowest BCUT2D eigenvalue weighted by atomic mass is 10.2. The molecule has 1 fully saturated rings. The topological polar surface area (TPSA) is 78.5 Å². The summed E-state index contributed by atoms with van der Waals surface area (Å²) in [5.74, 6) is 1.04. The Morgan fingerprint density at radius 3 is 2.69 bits per heavy atom. The quantitative estimate of drug-likeness (QED) is 0.531. The summed E-state index contributed by atoms with van der Waals surface area (Å²) < 4.78 is 5.32. The zero-order valence-corrected chi connectivity index (χ0v) is 16.4. The molecule has 0 bridgehead atoms. The normalized spacial score (nSPS) is 14.9. The van der Waals surface area contributed by atoms with Crippen molar-refractivity contribution in [3.05, 3.63) is 64.7 Å². The number of aromatic amines is 1. The lowest BCUT2D eigenvalue weighted by Gasteiger charge is -2.35. The summed E-state index contributed by atoms with van der Waals surface area (Å²) in [6.07, 6.45) is 0.355. The molecule has 29 heavy (non-hydrogen) atoms. The molecule has 1 saturated heterocycles. The van der Waals surface area contributed by atoms with Gasteiger partial charge in [-0.1, -0.05) is 25.1 Å². The smallest absolute Gasteiger partial charge is 0.310 e. The van der Waals surface area contributed by atoms with Crippen molar-refractivity contribution < 1.29 is 9.53 Å². The minimum atomic E-state index is -0.233. The fourth-order valence-electron chi connectivity index (χ4n) is 3.53. The molecule has 0 radical (unpaired) electrons. The van der Waals surface area contributed by atoms with E-state index < -0.39 is 0 Å². The fourth-order valence-corrected chi connectivity index (χ4v) is 3.53. The maximum absolute atomic E-state index is 12.3. The predicted octanol–water partition coefficient (Wildman–Crippen LogP) is 2.56. The van der Waals surface area contributed by atoms with Crippen LogP contribution in [0.1, 0.15) is 19.2 Å². The van der Waals surface area contributed by atoms with Crippen molar-refractivity contribution in [2.75, 3.05) is 31.1 Å². The number of aromatic nitrogens is 2. The van der Waals surface area contributed by atoms with E-state index in [1.54, 1.807) is 19.1 Å². The summed E-state index contributed by atoms with van der Waals surface area (Å²) in [6, 6.07) is 15.0. The van der Waals surface area contributed by atoms with E-state index in [9.17, 15) is 9.59 Å². The SMILES string of the molecule is CCC(=O)Oc1cccc(N2CCN(Cc3nc4ccccc4c(=O)[nH]3)CC2)c1. The number of hydrogen-bond acceptors (Lipinski definition) is 6. The van der Waals surface area contributed by atoms with Crippen LogP contribution in [0.25, 0.3) is 10.9 Å². The number of carbonyl (C=O) groups is 1. The van der Waals surface area contributed by atoms with Crippen LogP contribution in [0.3, 0.4) is 0 Å². The molecule has 0 aliphatic carbocycles. The van der Waals surface area contributed by atoms with Gasteiger partial charge >= 0.3 is 5.97 Å². The molecule has 1 N–H and O–H groups in total. The second-order valence-corrected chi connectivity index (χ2v) is 7.12. The van der Waals surface area contributed by atoms with Crippen molar-refractivity contribution in [3.8, 4) is 5.75 Å². The average molecular weight is 392 g/mol. The van der Waals surface area contributed by atoms with Crippen LogP contribution in [0, 0.1) is 0 Å². The van der Waals surface area contributed by atoms with Gasteiger partial charge in [-0.25, -0.2) is 4.98 Å². The third-order valence-corrected chi connectivity index (χ3v) is 5.11. The molecule has 0 amide bonds. The number of esters is 1. The molecule has 0 spiro atoms. The first-order chi connectivity index (χ1) is 14.1. The zero-order valence-electron chi connectivity index (χ0n) is 16.4. The number of carbonyl (C=O) groups excluding carboxylic acids is 1. The largest absolute Gasteiger partial charge is 0.426 e. The van der Waals surface area contributed by atoms with E-state index in [4.69, 9.17) is 4.74 Å². The molecule has 0 atom stereocenters. The molecule has 1 aliphatic heterocycles. The van der Waals surface area contributed by atoms with Crippen molar-refractivity contribution in [1.82, 2.24) is 14.9 Å². The van der Waals surface area contributed by atoms with Gasteiger partial charge in [0.25, 0.3) is 5.56 Å². The van der Waals surface area contributed by atoms with Crippen LogP contribution in [-0.2, 0) is 11.3 Å². The third-order valence-electron chi connectivity index (χ3n) is 5.11. The zero-order chi connectivity index (χ0) is 20.2. The standard InChI is InChI=1S/C22H24N4O3/c1-2-21(27)29-17-7-5-6-16(14-17)26-12-10-25(11-13-26)15-20-23-19-9-4-3-8-18(19)22(28)24-20/h3-9,14H,2,10-13,15H2,1H3,(H,23,24,28). The lowest BCUT2D eigenvalue weighted by molar-refractivity contribution is -0.134. The van der Waals surface area contributed by atoms with Gasteiger partial charge in [0.1, 0.15) is 11.6 Å². The number of piperazine rings is 1. The molecule has 150 valence electrons. The van der Waals surface area contributed by atoms with Gasteiger partial charge in [0.2, 0.25) is 0 Å². The van der Waals surface area contributed by atoms with Crippen molar-refractivity contribution >= 4 is 22.6 Å². The Labute approximate surface area is 168 Å². The molecule has 3 aromatic rings. The summed E-state index contributed by atoms with van der Waals surface area (Å²) in [7, 11) is 0. The number of benzene rings is 2. The first kappa shape index (κ1) is 19.1. The minimum absolute atomic E-state index is 0.0947. The van der Waals surface area contributed by atoms with Crippen LogP contribution in [-0.4, -0.2) is 47.0 Å². The number of ether oxygens (including phenoxy) is 1. The molecular formula is C22H24N4O3. The highest BCUT2D eigenvalue weighted by Crippen LogP contribution is 2.23. The Morgan fingerprint density at radius 2 is 1.90 bits per heavy atom. The van der Waals surface area contributed by atoms with Crippen molar-refractivity contribution in [1.29, 1.82) is 0 Å². The summed E-state index contributed by atoms with van der Waals surface area (Å²) >= 11 is 0. The highest BCUT2D eigenvalue weighted by Gasteiger charge is 2.19. The lowest BCUT2D eigenvalue weighted by Crippen LogP contribution is -2.46. The monoisotopic (exact) mass is 392 g/mol. The predicted molar refractivity (Wildman–Crippen MR) is 112 cm³/mol. The van der Waals surface area contributed by atoms with Gasteiger partial charge in [-0.05, 0) is 24.3 Å². The average Bonchev–Trinajstić information content (AvgIpc) is 2.74. The van der Waals surface area contributed by atoms with Gasteiger partial charge in [0.15, 0.2) is 0 Å². The number of hydrogen-bond donors (Lipinski definition) is 1. The highest BCUT2D eigenvalue weighted by molar-refractivity contribution is 5.77. The highest BCUT2D eigenvalue weighted by atomic mass is 16.5. The van der Waals surface area contributed by atoms with Crippen molar-refractivity contribution in [3.63, 3.8) is 0 Å². The molecule has 2 heterocycles. The van der Waals surface area contributed by atoms with Crippen LogP contribution < -0.4 is 15.2 Å². The van der Waals surface area contributed by atoms with Crippen molar-refractivity contribution in [2.24, 2.45) is 0 Å². The molecule has 1 aliphatic rings. The van der Waals surface area contributed by atoms with E-state index in [0.717, 1.165) is 37.4 Å². The first-order valence-corrected chi connectivity index (χ1v) is 9.88. The van der Waals surface area contributed by atoms with E-state index in [2.05, 4.69) is 19.8 Å². The van der Waals surface area contributed by atoms with Crippen LogP contribution in [0.4, 0.5) is 5.69 Å². The maximum atomic E-state index is 12.3. The van der Waals surface area contributed by atoms with E-state index >= 15 is 0 Å². The van der Waals surface area contributed by atoms with Gasteiger partial charge in [0.05, 0.1) is 17.4 Å². The second-order valence-electron chi connectivity index (χ2n) is 7.12. The van der Waals surface area contributed by atoms with E-state index in [-0.39, 0.29) is 11.5 Å². The van der Waals surface area contributed by atoms with Crippen LogP contribution >= 0.6 is 0 Å². The van der Waals surface area contributed by atoms with Gasteiger partial charge in [0, 0.05) is 44.4 Å². The summed E-state index contributed by atoms with van der Waals surface area (Å²) in [5.41, 5.74) is 1.68. The molecular weight excluding hydrogens is 368 g/mol. The Hall–Kier alpha value is -3.19. The number of rotatable bonds is 5. The summed E-state index contributed by atoms with van der Waals surface area (Å²) in [6.45, 7) is 5.81. The van der Waals surface area contributed by atoms with Crippen LogP contribution in [0.2, 0.25) is 0 Å². The molecule has 1 aromatic heterocycles. The molecule has 0 unspecified atom stereocenters. The Kier molecular flexibility index (Phi) is 5.57. The first-order valence-electron chi connectivity index (χ1n) is 9.88. The second kappa shape index (κ2) is 8.45. The van der Waals surface area contributed by atoms with Crippen LogP contribution in [0.15, 0.2) is 53.3 Å². The number of H-pyrrole nitrogens is 1. The number of nitrogens with zero attached hydrogens (tertiary/aromatic N) is 3.